The van der Waals surface area contributed by atoms with E-state index in [-0.39, 0.29) is 11.7 Å². The molecule has 1 N–H and O–H groups in total. The summed E-state index contributed by atoms with van der Waals surface area (Å²) in [6.45, 7) is 3.04. The second-order valence-electron chi connectivity index (χ2n) is 4.57. The molecular weight excluding hydrogens is 233 g/mol. The van der Waals surface area contributed by atoms with E-state index in [1.165, 1.54) is 6.07 Å². The van der Waals surface area contributed by atoms with Gasteiger partial charge in [-0.15, -0.1) is 0 Å². The standard InChI is InChI=1S/C13H14FN3O/c1-8-9(6-7-15-8)13-16-12(17-18-13)10-4-2-3-5-11(10)14/h2-5,8-9,15H,6-7H2,1H3. The van der Waals surface area contributed by atoms with Gasteiger partial charge in [-0.1, -0.05) is 17.3 Å². The van der Waals surface area contributed by atoms with Crippen LogP contribution in [-0.2, 0) is 0 Å². The van der Waals surface area contributed by atoms with Crippen molar-refractivity contribution in [3.8, 4) is 11.4 Å². The van der Waals surface area contributed by atoms with Crippen LogP contribution in [0.3, 0.4) is 0 Å². The lowest BCUT2D eigenvalue weighted by atomic mass is 10.0. The molecule has 2 unspecified atom stereocenters. The van der Waals surface area contributed by atoms with Crippen molar-refractivity contribution < 1.29 is 8.91 Å². The van der Waals surface area contributed by atoms with Crippen LogP contribution >= 0.6 is 0 Å². The Morgan fingerprint density at radius 1 is 1.39 bits per heavy atom. The van der Waals surface area contributed by atoms with E-state index in [0.29, 0.717) is 23.3 Å². The first-order valence-electron chi connectivity index (χ1n) is 6.07. The fourth-order valence-corrected chi connectivity index (χ4v) is 2.33. The maximum atomic E-state index is 13.6. The van der Waals surface area contributed by atoms with Gasteiger partial charge in [-0.25, -0.2) is 4.39 Å². The minimum atomic E-state index is -0.331. The largest absolute Gasteiger partial charge is 0.339 e. The van der Waals surface area contributed by atoms with E-state index < -0.39 is 0 Å². The molecule has 4 nitrogen and oxygen atoms in total. The normalized spacial score (nSPS) is 23.4. The van der Waals surface area contributed by atoms with Crippen molar-refractivity contribution in [2.45, 2.75) is 25.3 Å². The predicted octanol–water partition coefficient (Wildman–Crippen LogP) is 2.34. The summed E-state index contributed by atoms with van der Waals surface area (Å²) in [7, 11) is 0. The third-order valence-electron chi connectivity index (χ3n) is 3.40. The van der Waals surface area contributed by atoms with Crippen LogP contribution in [0.25, 0.3) is 11.4 Å². The number of halogens is 1. The summed E-state index contributed by atoms with van der Waals surface area (Å²) < 4.78 is 18.9. The highest BCUT2D eigenvalue weighted by atomic mass is 19.1. The average Bonchev–Trinajstić information content (AvgIpc) is 2.98. The molecule has 0 radical (unpaired) electrons. The summed E-state index contributed by atoms with van der Waals surface area (Å²) in [5, 5.41) is 7.20. The average molecular weight is 247 g/mol. The van der Waals surface area contributed by atoms with Crippen molar-refractivity contribution in [1.82, 2.24) is 15.5 Å². The molecule has 0 aliphatic carbocycles. The van der Waals surface area contributed by atoms with E-state index in [2.05, 4.69) is 22.4 Å². The molecule has 1 fully saturated rings. The van der Waals surface area contributed by atoms with Crippen LogP contribution in [0, 0.1) is 5.82 Å². The number of rotatable bonds is 2. The van der Waals surface area contributed by atoms with Crippen LogP contribution in [0.2, 0.25) is 0 Å². The molecule has 2 atom stereocenters. The van der Waals surface area contributed by atoms with E-state index in [0.717, 1.165) is 13.0 Å². The third-order valence-corrected chi connectivity index (χ3v) is 3.40. The van der Waals surface area contributed by atoms with Crippen LogP contribution in [0.5, 0.6) is 0 Å². The second-order valence-corrected chi connectivity index (χ2v) is 4.57. The van der Waals surface area contributed by atoms with E-state index in [1.54, 1.807) is 18.2 Å². The van der Waals surface area contributed by atoms with Gasteiger partial charge in [-0.3, -0.25) is 0 Å². The minimum absolute atomic E-state index is 0.220. The van der Waals surface area contributed by atoms with E-state index in [9.17, 15) is 4.39 Å². The third kappa shape index (κ3) is 1.90. The molecule has 1 aliphatic rings. The molecule has 2 heterocycles. The zero-order chi connectivity index (χ0) is 12.5. The van der Waals surface area contributed by atoms with Gasteiger partial charge in [0.2, 0.25) is 11.7 Å². The molecule has 0 spiro atoms. The van der Waals surface area contributed by atoms with Crippen molar-refractivity contribution in [2.75, 3.05) is 6.54 Å². The van der Waals surface area contributed by atoms with Gasteiger partial charge >= 0.3 is 0 Å². The van der Waals surface area contributed by atoms with E-state index in [4.69, 9.17) is 4.52 Å². The molecular formula is C13H14FN3O. The van der Waals surface area contributed by atoms with Crippen LogP contribution in [-0.4, -0.2) is 22.7 Å². The zero-order valence-electron chi connectivity index (χ0n) is 10.1. The van der Waals surface area contributed by atoms with Crippen LogP contribution in [0.15, 0.2) is 28.8 Å². The van der Waals surface area contributed by atoms with Gasteiger partial charge in [0.25, 0.3) is 0 Å². The molecule has 5 heteroatoms. The molecule has 1 aromatic carbocycles. The molecule has 1 saturated heterocycles. The van der Waals surface area contributed by atoms with Crippen molar-refractivity contribution >= 4 is 0 Å². The first-order chi connectivity index (χ1) is 8.75. The Morgan fingerprint density at radius 3 is 2.94 bits per heavy atom. The van der Waals surface area contributed by atoms with Gasteiger partial charge in [0.1, 0.15) is 5.82 Å². The number of aromatic nitrogens is 2. The zero-order valence-corrected chi connectivity index (χ0v) is 10.1. The molecule has 1 aromatic heterocycles. The summed E-state index contributed by atoms with van der Waals surface area (Å²) in [5.74, 6) is 0.799. The van der Waals surface area contributed by atoms with Crippen molar-refractivity contribution in [3.05, 3.63) is 36.0 Å². The molecule has 18 heavy (non-hydrogen) atoms. The van der Waals surface area contributed by atoms with Gasteiger partial charge in [-0.2, -0.15) is 4.98 Å². The van der Waals surface area contributed by atoms with Crippen molar-refractivity contribution in [3.63, 3.8) is 0 Å². The Hall–Kier alpha value is -1.75. The van der Waals surface area contributed by atoms with Gasteiger partial charge in [0, 0.05) is 6.04 Å². The maximum Gasteiger partial charge on any atom is 0.231 e. The topological polar surface area (TPSA) is 51.0 Å². The van der Waals surface area contributed by atoms with E-state index >= 15 is 0 Å². The molecule has 3 rings (SSSR count). The smallest absolute Gasteiger partial charge is 0.231 e. The van der Waals surface area contributed by atoms with E-state index in [1.807, 2.05) is 0 Å². The first-order valence-corrected chi connectivity index (χ1v) is 6.07. The number of hydrogen-bond donors (Lipinski definition) is 1. The monoisotopic (exact) mass is 247 g/mol. The van der Waals surface area contributed by atoms with Gasteiger partial charge in [0.05, 0.1) is 11.5 Å². The fourth-order valence-electron chi connectivity index (χ4n) is 2.33. The van der Waals surface area contributed by atoms with Crippen molar-refractivity contribution in [2.24, 2.45) is 0 Å². The van der Waals surface area contributed by atoms with Crippen molar-refractivity contribution in [1.29, 1.82) is 0 Å². The van der Waals surface area contributed by atoms with Gasteiger partial charge < -0.3 is 9.84 Å². The maximum absolute atomic E-state index is 13.6. The van der Waals surface area contributed by atoms with Gasteiger partial charge in [0.15, 0.2) is 0 Å². The lowest BCUT2D eigenvalue weighted by Gasteiger charge is -2.08. The Balaban J connectivity index is 1.92. The molecule has 94 valence electrons. The summed E-state index contributed by atoms with van der Waals surface area (Å²) in [6.07, 6.45) is 0.972. The van der Waals surface area contributed by atoms with Crippen LogP contribution in [0.4, 0.5) is 4.39 Å². The Bertz CT molecular complexity index is 555. The highest BCUT2D eigenvalue weighted by Crippen LogP contribution is 2.28. The van der Waals surface area contributed by atoms with Crippen LogP contribution < -0.4 is 5.32 Å². The summed E-state index contributed by atoms with van der Waals surface area (Å²) in [5.41, 5.74) is 0.381. The lowest BCUT2D eigenvalue weighted by molar-refractivity contribution is 0.345. The number of hydrogen-bond acceptors (Lipinski definition) is 4. The Labute approximate surface area is 104 Å². The molecule has 0 amide bonds. The summed E-state index contributed by atoms with van der Waals surface area (Å²) in [6, 6.07) is 6.77. The molecule has 0 bridgehead atoms. The Morgan fingerprint density at radius 2 is 2.22 bits per heavy atom. The number of nitrogens with zero attached hydrogens (tertiary/aromatic N) is 2. The Kier molecular flexibility index (Phi) is 2.83. The first kappa shape index (κ1) is 11.3. The molecule has 1 aliphatic heterocycles. The highest BCUT2D eigenvalue weighted by Gasteiger charge is 2.29. The predicted molar refractivity (Wildman–Crippen MR) is 64.5 cm³/mol. The molecule has 0 saturated carbocycles. The fraction of sp³-hybridized carbons (Fsp3) is 0.385. The SMILES string of the molecule is CC1NCCC1c1nc(-c2ccccc2F)no1. The number of benzene rings is 1. The van der Waals surface area contributed by atoms with Gasteiger partial charge in [-0.05, 0) is 32.0 Å². The summed E-state index contributed by atoms with van der Waals surface area (Å²) >= 11 is 0. The molecule has 2 aromatic rings. The summed E-state index contributed by atoms with van der Waals surface area (Å²) in [4.78, 5) is 4.32. The minimum Gasteiger partial charge on any atom is -0.339 e. The second kappa shape index (κ2) is 4.49. The highest BCUT2D eigenvalue weighted by molar-refractivity contribution is 5.54. The van der Waals surface area contributed by atoms with Crippen LogP contribution in [0.1, 0.15) is 25.2 Å². The lowest BCUT2D eigenvalue weighted by Crippen LogP contribution is -2.21. The number of nitrogens with one attached hydrogen (secondary N) is 1. The quantitative estimate of drug-likeness (QED) is 0.885.